The molecule has 52 heavy (non-hydrogen) atoms. The molecule has 6 aromatic rings. The first-order valence-electron chi connectivity index (χ1n) is 17.8. The van der Waals surface area contributed by atoms with Crippen molar-refractivity contribution in [3.63, 3.8) is 0 Å². The molecule has 0 bridgehead atoms. The smallest absolute Gasteiger partial charge is 0.410 e. The number of carbonyl (C=O) groups is 1. The largest absolute Gasteiger partial charge is 0.481 e. The summed E-state index contributed by atoms with van der Waals surface area (Å²) in [7, 11) is 1.61. The SMILES string of the molecule is COc1cc(C2CCCN(C(=O)OC(C)(C)C)C2)nc2c(-c3cnccn3)cnn12.Nc1cc(C2CCCCC2)nc2c(-c3cnccn3)cnn12. The average molecular weight is 705 g/mol. The summed E-state index contributed by atoms with van der Waals surface area (Å²) < 4.78 is 14.5. The number of carbonyl (C=O) groups excluding carboxylic acids is 1. The number of fused-ring (bicyclic) bond motifs is 2. The Balaban J connectivity index is 0.000000169. The van der Waals surface area contributed by atoms with E-state index < -0.39 is 5.60 Å². The second-order valence-electron chi connectivity index (χ2n) is 14.2. The zero-order valence-corrected chi connectivity index (χ0v) is 30.0. The Morgan fingerprint density at radius 1 is 0.769 bits per heavy atom. The maximum Gasteiger partial charge on any atom is 0.410 e. The highest BCUT2D eigenvalue weighted by molar-refractivity contribution is 5.76. The molecule has 2 fully saturated rings. The first kappa shape index (κ1) is 34.7. The molecule has 1 aliphatic carbocycles. The first-order chi connectivity index (χ1) is 25.2. The van der Waals surface area contributed by atoms with Crippen LogP contribution in [0.25, 0.3) is 33.8 Å². The van der Waals surface area contributed by atoms with E-state index in [4.69, 9.17) is 25.2 Å². The van der Waals surface area contributed by atoms with Gasteiger partial charge in [-0.25, -0.2) is 14.8 Å². The van der Waals surface area contributed by atoms with Gasteiger partial charge in [-0.1, -0.05) is 19.3 Å². The molecular weight excluding hydrogens is 660 g/mol. The van der Waals surface area contributed by atoms with E-state index >= 15 is 0 Å². The van der Waals surface area contributed by atoms with E-state index in [0.29, 0.717) is 42.0 Å². The molecule has 0 aromatic carbocycles. The summed E-state index contributed by atoms with van der Waals surface area (Å²) in [5, 5.41) is 8.75. The van der Waals surface area contributed by atoms with Gasteiger partial charge < -0.3 is 20.1 Å². The van der Waals surface area contributed by atoms with Crippen molar-refractivity contribution >= 4 is 23.2 Å². The monoisotopic (exact) mass is 704 g/mol. The number of hydrogen-bond donors (Lipinski definition) is 1. The minimum atomic E-state index is -0.520. The van der Waals surface area contributed by atoms with Crippen LogP contribution in [0.2, 0.25) is 0 Å². The van der Waals surface area contributed by atoms with Gasteiger partial charge in [0, 0.05) is 67.5 Å². The van der Waals surface area contributed by atoms with Gasteiger partial charge in [0.1, 0.15) is 11.4 Å². The van der Waals surface area contributed by atoms with E-state index in [2.05, 4.69) is 30.1 Å². The van der Waals surface area contributed by atoms with E-state index in [1.54, 1.807) is 70.6 Å². The predicted molar refractivity (Wildman–Crippen MR) is 195 cm³/mol. The summed E-state index contributed by atoms with van der Waals surface area (Å²) in [5.41, 5.74) is 12.1. The van der Waals surface area contributed by atoms with Gasteiger partial charge in [-0.15, -0.1) is 0 Å². The summed E-state index contributed by atoms with van der Waals surface area (Å²) in [6.07, 6.45) is 21.3. The number of hydrogen-bond acceptors (Lipinski definition) is 12. The van der Waals surface area contributed by atoms with Crippen molar-refractivity contribution in [3.8, 4) is 28.4 Å². The molecule has 2 aliphatic rings. The van der Waals surface area contributed by atoms with E-state index in [1.165, 1.54) is 32.1 Å². The molecule has 15 heteroatoms. The molecule has 7 heterocycles. The summed E-state index contributed by atoms with van der Waals surface area (Å²) in [5.74, 6) is 1.79. The lowest BCUT2D eigenvalue weighted by Gasteiger charge is -2.34. The molecule has 270 valence electrons. The number of nitrogens with two attached hydrogens (primary N) is 1. The molecule has 1 saturated carbocycles. The lowest BCUT2D eigenvalue weighted by molar-refractivity contribution is 0.0197. The number of nitrogens with zero attached hydrogens (tertiary/aromatic N) is 11. The predicted octanol–water partition coefficient (Wildman–Crippen LogP) is 6.13. The first-order valence-corrected chi connectivity index (χ1v) is 17.8. The fraction of sp³-hybridized carbons (Fsp3) is 0.432. The minimum absolute atomic E-state index is 0.0785. The molecule has 1 amide bonds. The third kappa shape index (κ3) is 7.48. The van der Waals surface area contributed by atoms with Crippen LogP contribution < -0.4 is 10.5 Å². The van der Waals surface area contributed by atoms with Gasteiger partial charge in [-0.2, -0.15) is 19.2 Å². The molecule has 1 atom stereocenters. The van der Waals surface area contributed by atoms with Crippen molar-refractivity contribution in [2.75, 3.05) is 25.9 Å². The maximum atomic E-state index is 12.6. The van der Waals surface area contributed by atoms with Gasteiger partial charge in [0.15, 0.2) is 11.3 Å². The highest BCUT2D eigenvalue weighted by atomic mass is 16.6. The summed E-state index contributed by atoms with van der Waals surface area (Å²) >= 11 is 0. The lowest BCUT2D eigenvalue weighted by atomic mass is 9.87. The molecule has 6 aromatic heterocycles. The summed E-state index contributed by atoms with van der Waals surface area (Å²) in [6.45, 7) is 6.86. The van der Waals surface area contributed by atoms with Crippen molar-refractivity contribution in [2.45, 2.75) is 83.2 Å². The van der Waals surface area contributed by atoms with Gasteiger partial charge in [-0.05, 0) is 46.5 Å². The van der Waals surface area contributed by atoms with Crippen LogP contribution in [0.3, 0.4) is 0 Å². The molecule has 2 N–H and O–H groups in total. The van der Waals surface area contributed by atoms with E-state index in [9.17, 15) is 4.79 Å². The highest BCUT2D eigenvalue weighted by Crippen LogP contribution is 2.34. The fourth-order valence-corrected chi connectivity index (χ4v) is 6.87. The van der Waals surface area contributed by atoms with Gasteiger partial charge in [0.05, 0.1) is 60.1 Å². The number of methoxy groups -OCH3 is 1. The number of piperidine rings is 1. The highest BCUT2D eigenvalue weighted by Gasteiger charge is 2.30. The quantitative estimate of drug-likeness (QED) is 0.218. The van der Waals surface area contributed by atoms with Gasteiger partial charge in [-0.3, -0.25) is 19.9 Å². The van der Waals surface area contributed by atoms with Crippen LogP contribution in [-0.2, 0) is 4.74 Å². The van der Waals surface area contributed by atoms with Crippen molar-refractivity contribution in [1.82, 2.24) is 54.0 Å². The molecule has 0 radical (unpaired) electrons. The molecule has 1 saturated heterocycles. The van der Waals surface area contributed by atoms with Crippen LogP contribution in [0.1, 0.15) is 88.9 Å². The third-order valence-corrected chi connectivity index (χ3v) is 9.38. The second kappa shape index (κ2) is 14.9. The van der Waals surface area contributed by atoms with Crippen LogP contribution >= 0.6 is 0 Å². The fourth-order valence-electron chi connectivity index (χ4n) is 6.87. The number of rotatable bonds is 5. The van der Waals surface area contributed by atoms with E-state index in [1.807, 2.05) is 32.9 Å². The third-order valence-electron chi connectivity index (χ3n) is 9.38. The Morgan fingerprint density at radius 3 is 1.96 bits per heavy atom. The van der Waals surface area contributed by atoms with Crippen LogP contribution in [0.4, 0.5) is 10.6 Å². The molecule has 1 unspecified atom stereocenters. The van der Waals surface area contributed by atoms with Crippen molar-refractivity contribution in [3.05, 3.63) is 73.1 Å². The molecule has 8 rings (SSSR count). The van der Waals surface area contributed by atoms with E-state index in [0.717, 1.165) is 46.7 Å². The van der Waals surface area contributed by atoms with E-state index in [-0.39, 0.29) is 12.0 Å². The Morgan fingerprint density at radius 2 is 1.37 bits per heavy atom. The number of ether oxygens (including phenoxy) is 2. The standard InChI is InChI=1S/C21H26N6O3.C16H18N6/c1-21(2,3)30-20(28)26-9-5-6-14(13-26)16-10-18(29-4)27-19(25-16)15(11-24-27)17-12-22-7-8-23-17;17-15-8-13(11-4-2-1-3-5-11)21-16-12(9-20-22(15)16)14-10-18-6-7-19-14/h7-8,10-12,14H,5-6,9,13H2,1-4H3;6-11H,1-5,17H2. The average Bonchev–Trinajstić information content (AvgIpc) is 3.80. The summed E-state index contributed by atoms with van der Waals surface area (Å²) in [6, 6.07) is 3.86. The van der Waals surface area contributed by atoms with Crippen LogP contribution in [0.15, 0.2) is 61.7 Å². The minimum Gasteiger partial charge on any atom is -0.481 e. The molecule has 1 aliphatic heterocycles. The van der Waals surface area contributed by atoms with Crippen molar-refractivity contribution < 1.29 is 14.3 Å². The Bertz CT molecular complexity index is 2140. The Labute approximate surface area is 301 Å². The second-order valence-corrected chi connectivity index (χ2v) is 14.2. The number of anilines is 1. The Hall–Kier alpha value is -5.73. The summed E-state index contributed by atoms with van der Waals surface area (Å²) in [4.78, 5) is 41.0. The van der Waals surface area contributed by atoms with Crippen LogP contribution in [0.5, 0.6) is 5.88 Å². The zero-order valence-electron chi connectivity index (χ0n) is 30.0. The van der Waals surface area contributed by atoms with Crippen molar-refractivity contribution in [2.24, 2.45) is 0 Å². The molecular formula is C37H44N12O3. The molecule has 0 spiro atoms. The number of amides is 1. The van der Waals surface area contributed by atoms with Gasteiger partial charge in [0.25, 0.3) is 0 Å². The van der Waals surface area contributed by atoms with Crippen LogP contribution in [0, 0.1) is 0 Å². The van der Waals surface area contributed by atoms with Crippen molar-refractivity contribution in [1.29, 1.82) is 0 Å². The Kier molecular flexibility index (Phi) is 9.92. The normalized spacial score (nSPS) is 16.8. The zero-order chi connectivity index (χ0) is 36.2. The number of nitrogen functional groups attached to an aromatic ring is 1. The van der Waals surface area contributed by atoms with Gasteiger partial charge in [0.2, 0.25) is 5.88 Å². The topological polar surface area (TPSA) is 177 Å². The van der Waals surface area contributed by atoms with Gasteiger partial charge >= 0.3 is 6.09 Å². The maximum absolute atomic E-state index is 12.6. The molecule has 15 nitrogen and oxygen atoms in total. The number of likely N-dealkylation sites (tertiary alicyclic amines) is 1. The number of aromatic nitrogens is 10. The lowest BCUT2D eigenvalue weighted by Crippen LogP contribution is -2.42. The van der Waals surface area contributed by atoms with Crippen LogP contribution in [-0.4, -0.2) is 85.9 Å².